The van der Waals surface area contributed by atoms with Crippen molar-refractivity contribution in [3.8, 4) is 0 Å². The van der Waals surface area contributed by atoms with Crippen LogP contribution < -0.4 is 5.73 Å². The van der Waals surface area contributed by atoms with E-state index in [1.165, 1.54) is 48.0 Å². The Labute approximate surface area is 169 Å². The molecule has 0 saturated carbocycles. The van der Waals surface area contributed by atoms with Crippen LogP contribution in [0.2, 0.25) is 0 Å². The maximum absolute atomic E-state index is 7.00. The minimum absolute atomic E-state index is 0.183. The fourth-order valence-corrected chi connectivity index (χ4v) is 5.14. The minimum atomic E-state index is 0.183. The number of furan rings is 1. The standard InChI is InChI=1S/C26H35NO/c1-17(2)18(3)16-23(25(27)19-10-5-4-6-11-19)22-14-9-13-21-20-12-7-8-15-24(20)28-26(21)22/h4-5,7-8,12,15-17,19,22-23,25H,6,9-11,13-14,27H2,1-3H3/b18-16+. The molecule has 1 aromatic carbocycles. The summed E-state index contributed by atoms with van der Waals surface area (Å²) in [5.41, 5.74) is 10.9. The molecule has 0 fully saturated rings. The van der Waals surface area contributed by atoms with Gasteiger partial charge in [0.2, 0.25) is 0 Å². The van der Waals surface area contributed by atoms with E-state index in [0.717, 1.165) is 18.4 Å². The molecule has 2 heteroatoms. The average Bonchev–Trinajstić information content (AvgIpc) is 3.11. The second-order valence-electron chi connectivity index (χ2n) is 9.20. The van der Waals surface area contributed by atoms with Crippen LogP contribution in [-0.4, -0.2) is 6.04 Å². The second-order valence-corrected chi connectivity index (χ2v) is 9.20. The summed E-state index contributed by atoms with van der Waals surface area (Å²) in [5.74, 6) is 3.08. The third-order valence-electron chi connectivity index (χ3n) is 7.14. The van der Waals surface area contributed by atoms with Gasteiger partial charge in [-0.3, -0.25) is 0 Å². The summed E-state index contributed by atoms with van der Waals surface area (Å²) in [6.45, 7) is 6.84. The second kappa shape index (κ2) is 8.29. The Morgan fingerprint density at radius 2 is 2.00 bits per heavy atom. The highest BCUT2D eigenvalue weighted by Crippen LogP contribution is 2.45. The van der Waals surface area contributed by atoms with Gasteiger partial charge in [-0.15, -0.1) is 0 Å². The highest BCUT2D eigenvalue weighted by atomic mass is 16.3. The predicted octanol–water partition coefficient (Wildman–Crippen LogP) is 6.75. The van der Waals surface area contributed by atoms with E-state index in [9.17, 15) is 0 Å². The van der Waals surface area contributed by atoms with Crippen LogP contribution in [0.3, 0.4) is 0 Å². The quantitative estimate of drug-likeness (QED) is 0.585. The molecule has 4 atom stereocenters. The molecule has 4 rings (SSSR count). The first-order valence-electron chi connectivity index (χ1n) is 11.2. The molecule has 2 nitrogen and oxygen atoms in total. The van der Waals surface area contributed by atoms with Gasteiger partial charge in [0, 0.05) is 28.8 Å². The van der Waals surface area contributed by atoms with E-state index in [-0.39, 0.29) is 6.04 Å². The maximum Gasteiger partial charge on any atom is 0.134 e. The fourth-order valence-electron chi connectivity index (χ4n) is 5.14. The van der Waals surface area contributed by atoms with Crippen molar-refractivity contribution in [1.82, 2.24) is 0 Å². The van der Waals surface area contributed by atoms with Crippen LogP contribution in [-0.2, 0) is 6.42 Å². The summed E-state index contributed by atoms with van der Waals surface area (Å²) in [6, 6.07) is 8.72. The lowest BCUT2D eigenvalue weighted by molar-refractivity contribution is 0.261. The number of hydrogen-bond donors (Lipinski definition) is 1. The summed E-state index contributed by atoms with van der Waals surface area (Å²) in [4.78, 5) is 0. The van der Waals surface area contributed by atoms with E-state index >= 15 is 0 Å². The smallest absolute Gasteiger partial charge is 0.134 e. The molecule has 2 aliphatic rings. The molecular formula is C26H35NO. The summed E-state index contributed by atoms with van der Waals surface area (Å²) >= 11 is 0. The third-order valence-corrected chi connectivity index (χ3v) is 7.14. The number of allylic oxidation sites excluding steroid dienone is 3. The average molecular weight is 378 g/mol. The zero-order valence-corrected chi connectivity index (χ0v) is 17.7. The van der Waals surface area contributed by atoms with Gasteiger partial charge in [0.05, 0.1) is 0 Å². The Balaban J connectivity index is 1.74. The number of aryl methyl sites for hydroxylation is 1. The normalized spacial score (nSPS) is 25.1. The van der Waals surface area contributed by atoms with Crippen molar-refractivity contribution in [2.24, 2.45) is 23.5 Å². The minimum Gasteiger partial charge on any atom is -0.460 e. The van der Waals surface area contributed by atoms with E-state index in [4.69, 9.17) is 10.2 Å². The number of fused-ring (bicyclic) bond motifs is 3. The molecule has 0 amide bonds. The molecule has 2 N–H and O–H groups in total. The predicted molar refractivity (Wildman–Crippen MR) is 118 cm³/mol. The van der Waals surface area contributed by atoms with Crippen LogP contribution in [0.5, 0.6) is 0 Å². The van der Waals surface area contributed by atoms with E-state index in [0.29, 0.717) is 23.7 Å². The first-order valence-corrected chi connectivity index (χ1v) is 11.2. The van der Waals surface area contributed by atoms with Crippen molar-refractivity contribution in [3.63, 3.8) is 0 Å². The molecule has 0 saturated heterocycles. The molecule has 2 aliphatic carbocycles. The van der Waals surface area contributed by atoms with Gasteiger partial charge in [0.1, 0.15) is 11.3 Å². The molecule has 0 spiro atoms. The van der Waals surface area contributed by atoms with Crippen molar-refractivity contribution in [1.29, 1.82) is 0 Å². The lowest BCUT2D eigenvalue weighted by Crippen LogP contribution is -2.41. The summed E-state index contributed by atoms with van der Waals surface area (Å²) in [6.07, 6.45) is 14.2. The first-order chi connectivity index (χ1) is 13.6. The monoisotopic (exact) mass is 377 g/mol. The zero-order valence-electron chi connectivity index (χ0n) is 17.7. The number of hydrogen-bond acceptors (Lipinski definition) is 2. The fraction of sp³-hybridized carbons (Fsp3) is 0.538. The van der Waals surface area contributed by atoms with Gasteiger partial charge < -0.3 is 10.2 Å². The van der Waals surface area contributed by atoms with Gasteiger partial charge in [0.25, 0.3) is 0 Å². The molecule has 0 radical (unpaired) electrons. The Morgan fingerprint density at radius 1 is 1.18 bits per heavy atom. The molecule has 0 aliphatic heterocycles. The molecule has 4 unspecified atom stereocenters. The molecule has 2 aromatic rings. The van der Waals surface area contributed by atoms with Crippen LogP contribution in [0.15, 0.2) is 52.5 Å². The van der Waals surface area contributed by atoms with Crippen LogP contribution >= 0.6 is 0 Å². The van der Waals surface area contributed by atoms with Crippen molar-refractivity contribution >= 4 is 11.0 Å². The highest BCUT2D eigenvalue weighted by molar-refractivity contribution is 5.82. The van der Waals surface area contributed by atoms with Crippen molar-refractivity contribution in [2.45, 2.75) is 71.3 Å². The Bertz CT molecular complexity index is 872. The topological polar surface area (TPSA) is 39.2 Å². The molecule has 0 bridgehead atoms. The summed E-state index contributed by atoms with van der Waals surface area (Å²) in [7, 11) is 0. The summed E-state index contributed by atoms with van der Waals surface area (Å²) in [5, 5.41) is 1.31. The van der Waals surface area contributed by atoms with E-state index in [1.807, 2.05) is 0 Å². The van der Waals surface area contributed by atoms with Gasteiger partial charge in [-0.05, 0) is 63.4 Å². The van der Waals surface area contributed by atoms with Crippen molar-refractivity contribution in [2.75, 3.05) is 0 Å². The lowest BCUT2D eigenvalue weighted by Gasteiger charge is -2.37. The first kappa shape index (κ1) is 19.5. The SMILES string of the molecule is C/C(=C\C(C1CCCc2c1oc1ccccc21)C(N)C1CC=CCC1)C(C)C. The number of rotatable bonds is 5. The van der Waals surface area contributed by atoms with Gasteiger partial charge in [-0.2, -0.15) is 0 Å². The molecule has 1 aromatic heterocycles. The van der Waals surface area contributed by atoms with Gasteiger partial charge in [-0.25, -0.2) is 0 Å². The van der Waals surface area contributed by atoms with Crippen LogP contribution in [0.4, 0.5) is 0 Å². The number of para-hydroxylation sites is 1. The molecule has 28 heavy (non-hydrogen) atoms. The van der Waals surface area contributed by atoms with Crippen LogP contribution in [0.25, 0.3) is 11.0 Å². The van der Waals surface area contributed by atoms with E-state index < -0.39 is 0 Å². The van der Waals surface area contributed by atoms with Gasteiger partial charge in [0.15, 0.2) is 0 Å². The Hall–Kier alpha value is -1.80. The van der Waals surface area contributed by atoms with E-state index in [1.54, 1.807) is 0 Å². The molecule has 1 heterocycles. The Kier molecular flexibility index (Phi) is 5.78. The van der Waals surface area contributed by atoms with Crippen molar-refractivity contribution in [3.05, 3.63) is 59.4 Å². The van der Waals surface area contributed by atoms with Crippen molar-refractivity contribution < 1.29 is 4.42 Å². The number of benzene rings is 1. The maximum atomic E-state index is 7.00. The van der Waals surface area contributed by atoms with Gasteiger partial charge in [-0.1, -0.05) is 55.8 Å². The molecule has 150 valence electrons. The van der Waals surface area contributed by atoms with Crippen LogP contribution in [0, 0.1) is 17.8 Å². The van der Waals surface area contributed by atoms with E-state index in [2.05, 4.69) is 63.3 Å². The third kappa shape index (κ3) is 3.72. The lowest BCUT2D eigenvalue weighted by atomic mass is 9.70. The number of nitrogens with two attached hydrogens (primary N) is 1. The zero-order chi connectivity index (χ0) is 19.7. The molecular weight excluding hydrogens is 342 g/mol. The largest absolute Gasteiger partial charge is 0.460 e. The highest BCUT2D eigenvalue weighted by Gasteiger charge is 2.37. The van der Waals surface area contributed by atoms with Gasteiger partial charge >= 0.3 is 0 Å². The Morgan fingerprint density at radius 3 is 2.75 bits per heavy atom. The van der Waals surface area contributed by atoms with Crippen LogP contribution in [0.1, 0.15) is 70.1 Å². The summed E-state index contributed by atoms with van der Waals surface area (Å²) < 4.78 is 6.46.